The number of rotatable bonds is 9. The molecule has 4 N–H and O–H groups in total. The molecule has 0 saturated heterocycles. The van der Waals surface area contributed by atoms with Crippen molar-refractivity contribution in [1.29, 1.82) is 0 Å². The number of hydrogen-bond donors (Lipinski definition) is 3. The molecule has 0 spiro atoms. The van der Waals surface area contributed by atoms with Crippen LogP contribution < -0.4 is 15.8 Å². The predicted molar refractivity (Wildman–Crippen MR) is 82.2 cm³/mol. The number of sulfonamides is 1. The van der Waals surface area contributed by atoms with Gasteiger partial charge in [0.15, 0.2) is 0 Å². The topological polar surface area (TPSA) is 118 Å². The number of nitrogens with two attached hydrogens (primary N) is 1. The highest BCUT2D eigenvalue weighted by atomic mass is 32.2. The molecule has 7 nitrogen and oxygen atoms in total. The van der Waals surface area contributed by atoms with Gasteiger partial charge < -0.3 is 11.1 Å². The highest BCUT2D eigenvalue weighted by molar-refractivity contribution is 7.89. The normalized spacial score (nSPS) is 12.6. The van der Waals surface area contributed by atoms with E-state index in [2.05, 4.69) is 10.0 Å². The number of benzene rings is 1. The van der Waals surface area contributed by atoms with Crippen LogP contribution in [0.25, 0.3) is 0 Å². The van der Waals surface area contributed by atoms with Crippen LogP contribution in [0.5, 0.6) is 0 Å². The standard InChI is InChI=1S/C14H20FN3O4S/c1-2-3-7-17-14(20)12(9-13(16)19)18-23(21,22)11-6-4-5-10(15)8-11/h4-6,8,12,18H,2-3,7,9H2,1H3,(H2,16,19)(H,17,20)/t12-/m0/s1. The fourth-order valence-electron chi connectivity index (χ4n) is 1.79. The lowest BCUT2D eigenvalue weighted by molar-refractivity contribution is -0.126. The van der Waals surface area contributed by atoms with Gasteiger partial charge in [-0.1, -0.05) is 19.4 Å². The SMILES string of the molecule is CCCCNC(=O)[C@H](CC(N)=O)NS(=O)(=O)c1cccc(F)c1. The van der Waals surface area contributed by atoms with Gasteiger partial charge in [-0.25, -0.2) is 12.8 Å². The first-order chi connectivity index (χ1) is 10.8. The minimum absolute atomic E-state index is 0.340. The van der Waals surface area contributed by atoms with E-state index in [9.17, 15) is 22.4 Å². The molecule has 0 bridgehead atoms. The molecule has 1 aromatic rings. The zero-order valence-corrected chi connectivity index (χ0v) is 13.5. The average molecular weight is 345 g/mol. The number of nitrogens with one attached hydrogen (secondary N) is 2. The second kappa shape index (κ2) is 8.59. The van der Waals surface area contributed by atoms with Crippen molar-refractivity contribution < 1.29 is 22.4 Å². The Morgan fingerprint density at radius 3 is 2.61 bits per heavy atom. The fraction of sp³-hybridized carbons (Fsp3) is 0.429. The Balaban J connectivity index is 2.91. The van der Waals surface area contributed by atoms with Gasteiger partial charge in [0.25, 0.3) is 0 Å². The van der Waals surface area contributed by atoms with Crippen molar-refractivity contribution in [2.75, 3.05) is 6.54 Å². The number of carbonyl (C=O) groups excluding carboxylic acids is 2. The van der Waals surface area contributed by atoms with E-state index < -0.39 is 40.1 Å². The Morgan fingerprint density at radius 2 is 2.04 bits per heavy atom. The van der Waals surface area contributed by atoms with Crippen LogP contribution in [-0.4, -0.2) is 32.8 Å². The third-order valence-corrected chi connectivity index (χ3v) is 4.42. The van der Waals surface area contributed by atoms with E-state index in [0.29, 0.717) is 13.0 Å². The predicted octanol–water partition coefficient (Wildman–Crippen LogP) is 0.264. The van der Waals surface area contributed by atoms with E-state index in [1.165, 1.54) is 12.1 Å². The number of amides is 2. The Morgan fingerprint density at radius 1 is 1.35 bits per heavy atom. The van der Waals surface area contributed by atoms with Crippen LogP contribution in [0.15, 0.2) is 29.2 Å². The Bertz CT molecular complexity index is 664. The molecule has 0 saturated carbocycles. The summed E-state index contributed by atoms with van der Waals surface area (Å²) >= 11 is 0. The van der Waals surface area contributed by atoms with Crippen LogP contribution in [0, 0.1) is 5.82 Å². The lowest BCUT2D eigenvalue weighted by Crippen LogP contribution is -2.48. The molecular weight excluding hydrogens is 325 g/mol. The fourth-order valence-corrected chi connectivity index (χ4v) is 3.02. The molecule has 23 heavy (non-hydrogen) atoms. The second-order valence-electron chi connectivity index (χ2n) is 4.95. The molecule has 1 aromatic carbocycles. The molecule has 9 heteroatoms. The third-order valence-electron chi connectivity index (χ3n) is 2.96. The van der Waals surface area contributed by atoms with Crippen molar-refractivity contribution in [3.63, 3.8) is 0 Å². The van der Waals surface area contributed by atoms with Crippen LogP contribution in [0.4, 0.5) is 4.39 Å². The molecule has 0 fully saturated rings. The van der Waals surface area contributed by atoms with E-state index in [0.717, 1.165) is 18.6 Å². The number of halogens is 1. The number of unbranched alkanes of at least 4 members (excludes halogenated alkanes) is 1. The van der Waals surface area contributed by atoms with Crippen LogP contribution in [0.2, 0.25) is 0 Å². The van der Waals surface area contributed by atoms with Gasteiger partial charge in [-0.2, -0.15) is 4.72 Å². The van der Waals surface area contributed by atoms with E-state index in [1.54, 1.807) is 0 Å². The first-order valence-electron chi connectivity index (χ1n) is 7.10. The van der Waals surface area contributed by atoms with Gasteiger partial charge in [0.2, 0.25) is 21.8 Å². The minimum Gasteiger partial charge on any atom is -0.370 e. The summed E-state index contributed by atoms with van der Waals surface area (Å²) in [7, 11) is -4.16. The van der Waals surface area contributed by atoms with Gasteiger partial charge in [0.05, 0.1) is 11.3 Å². The average Bonchev–Trinajstić information content (AvgIpc) is 2.46. The number of hydrogen-bond acceptors (Lipinski definition) is 4. The molecule has 128 valence electrons. The summed E-state index contributed by atoms with van der Waals surface area (Å²) in [5, 5.41) is 2.53. The molecule has 0 radical (unpaired) electrons. The maximum atomic E-state index is 13.2. The van der Waals surface area contributed by atoms with Gasteiger partial charge in [-0.3, -0.25) is 9.59 Å². The lowest BCUT2D eigenvalue weighted by Gasteiger charge is -2.17. The van der Waals surface area contributed by atoms with Gasteiger partial charge in [-0.15, -0.1) is 0 Å². The molecule has 1 rings (SSSR count). The molecule has 0 aliphatic rings. The van der Waals surface area contributed by atoms with Crippen molar-refractivity contribution in [1.82, 2.24) is 10.0 Å². The van der Waals surface area contributed by atoms with E-state index in [1.807, 2.05) is 6.92 Å². The van der Waals surface area contributed by atoms with Crippen LogP contribution in [0.1, 0.15) is 26.2 Å². The largest absolute Gasteiger partial charge is 0.370 e. The summed E-state index contributed by atoms with van der Waals surface area (Å²) in [6.45, 7) is 2.28. The number of carbonyl (C=O) groups is 2. The van der Waals surface area contributed by atoms with E-state index in [-0.39, 0.29) is 4.90 Å². The van der Waals surface area contributed by atoms with Crippen molar-refractivity contribution in [2.24, 2.45) is 5.73 Å². The molecule has 0 aliphatic carbocycles. The molecule has 0 aliphatic heterocycles. The molecule has 1 atom stereocenters. The number of primary amides is 1. The Labute approximate surface area is 134 Å². The quantitative estimate of drug-likeness (QED) is 0.556. The third kappa shape index (κ3) is 6.33. The van der Waals surface area contributed by atoms with E-state index >= 15 is 0 Å². The summed E-state index contributed by atoms with van der Waals surface area (Å²) < 4.78 is 39.7. The zero-order valence-electron chi connectivity index (χ0n) is 12.7. The van der Waals surface area contributed by atoms with Gasteiger partial charge in [-0.05, 0) is 24.6 Å². The van der Waals surface area contributed by atoms with E-state index in [4.69, 9.17) is 5.73 Å². The second-order valence-corrected chi connectivity index (χ2v) is 6.66. The molecule has 0 aromatic heterocycles. The first-order valence-corrected chi connectivity index (χ1v) is 8.58. The van der Waals surface area contributed by atoms with Gasteiger partial charge in [0.1, 0.15) is 11.9 Å². The van der Waals surface area contributed by atoms with Crippen LogP contribution in [-0.2, 0) is 19.6 Å². The van der Waals surface area contributed by atoms with Crippen LogP contribution >= 0.6 is 0 Å². The van der Waals surface area contributed by atoms with Crippen molar-refractivity contribution >= 4 is 21.8 Å². The molecule has 0 heterocycles. The molecule has 0 unspecified atom stereocenters. The van der Waals surface area contributed by atoms with Crippen LogP contribution in [0.3, 0.4) is 0 Å². The monoisotopic (exact) mass is 345 g/mol. The summed E-state index contributed by atoms with van der Waals surface area (Å²) in [5.74, 6) is -2.22. The maximum absolute atomic E-state index is 13.2. The zero-order chi connectivity index (χ0) is 17.5. The summed E-state index contributed by atoms with van der Waals surface area (Å²) in [5.41, 5.74) is 5.05. The Hall–Kier alpha value is -2.00. The van der Waals surface area contributed by atoms with Gasteiger partial charge >= 0.3 is 0 Å². The summed E-state index contributed by atoms with van der Waals surface area (Å²) in [6, 6.07) is 2.98. The lowest BCUT2D eigenvalue weighted by atomic mass is 10.2. The van der Waals surface area contributed by atoms with Crippen molar-refractivity contribution in [3.8, 4) is 0 Å². The maximum Gasteiger partial charge on any atom is 0.241 e. The summed E-state index contributed by atoms with van der Waals surface area (Å²) in [6.07, 6.45) is 1.06. The highest BCUT2D eigenvalue weighted by Gasteiger charge is 2.27. The summed E-state index contributed by atoms with van der Waals surface area (Å²) in [4.78, 5) is 22.7. The molecular formula is C14H20FN3O4S. The smallest absolute Gasteiger partial charge is 0.241 e. The first kappa shape index (κ1) is 19.0. The highest BCUT2D eigenvalue weighted by Crippen LogP contribution is 2.11. The minimum atomic E-state index is -4.16. The van der Waals surface area contributed by atoms with Crippen molar-refractivity contribution in [2.45, 2.75) is 37.1 Å². The van der Waals surface area contributed by atoms with Gasteiger partial charge in [0, 0.05) is 6.54 Å². The molecule has 2 amide bonds. The Kier molecular flexibility index (Phi) is 7.11. The van der Waals surface area contributed by atoms with Crippen molar-refractivity contribution in [3.05, 3.63) is 30.1 Å².